The van der Waals surface area contributed by atoms with Crippen molar-refractivity contribution in [1.82, 2.24) is 21.1 Å². The quantitative estimate of drug-likeness (QED) is 0.293. The van der Waals surface area contributed by atoms with Crippen LogP contribution in [0.4, 0.5) is 9.18 Å². The standard InChI is InChI=1S/C24H43FN4O6/c1-8-10-17(15(3)26-16(4)30)13-29-14-18(12-19(29)22(32)34-20(25)11-9-2)21(31)27-28-23(33)35-24(5,6)7/h15,17-20H,8-14H2,1-7H3,(H,26,30)(H,27,31)(H,28,33)/t15?,17?,18-,19-,20?/m1/s1. The summed E-state index contributed by atoms with van der Waals surface area (Å²) >= 11 is 0. The smallest absolute Gasteiger partial charge is 0.426 e. The van der Waals surface area contributed by atoms with Crippen LogP contribution in [-0.4, -0.2) is 65.9 Å². The zero-order valence-corrected chi connectivity index (χ0v) is 22.1. The van der Waals surface area contributed by atoms with Crippen LogP contribution < -0.4 is 16.2 Å². The van der Waals surface area contributed by atoms with Gasteiger partial charge in [0.1, 0.15) is 11.6 Å². The van der Waals surface area contributed by atoms with Crippen molar-refractivity contribution in [3.05, 3.63) is 0 Å². The van der Waals surface area contributed by atoms with Crippen LogP contribution >= 0.6 is 0 Å². The summed E-state index contributed by atoms with van der Waals surface area (Å²) in [7, 11) is 0. The van der Waals surface area contributed by atoms with Crippen molar-refractivity contribution in [3.63, 3.8) is 0 Å². The van der Waals surface area contributed by atoms with Crippen LogP contribution in [0, 0.1) is 11.8 Å². The molecule has 1 aliphatic heterocycles. The van der Waals surface area contributed by atoms with Gasteiger partial charge in [0.2, 0.25) is 18.2 Å². The second-order valence-electron chi connectivity index (χ2n) is 10.2. The molecule has 10 nitrogen and oxygen atoms in total. The zero-order chi connectivity index (χ0) is 26.8. The summed E-state index contributed by atoms with van der Waals surface area (Å²) in [5.74, 6) is -1.98. The molecule has 0 saturated carbocycles. The summed E-state index contributed by atoms with van der Waals surface area (Å²) in [6.07, 6.45) is -0.114. The van der Waals surface area contributed by atoms with E-state index in [0.29, 0.717) is 13.0 Å². The summed E-state index contributed by atoms with van der Waals surface area (Å²) in [6.45, 7) is 12.9. The Morgan fingerprint density at radius 1 is 1.09 bits per heavy atom. The van der Waals surface area contributed by atoms with Gasteiger partial charge < -0.3 is 14.8 Å². The highest BCUT2D eigenvalue weighted by atomic mass is 19.1. The summed E-state index contributed by atoms with van der Waals surface area (Å²) in [5, 5.41) is 2.90. The predicted octanol–water partition coefficient (Wildman–Crippen LogP) is 2.81. The SMILES string of the molecule is CCCC(F)OC(=O)[C@H]1C[C@@H](C(=O)NNC(=O)OC(C)(C)C)CN1CC(CCC)C(C)NC(C)=O. The molecule has 0 aromatic heterocycles. The lowest BCUT2D eigenvalue weighted by molar-refractivity contribution is -0.164. The number of esters is 1. The van der Waals surface area contributed by atoms with Crippen LogP contribution in [0.2, 0.25) is 0 Å². The topological polar surface area (TPSA) is 126 Å². The Hall–Kier alpha value is -2.43. The summed E-state index contributed by atoms with van der Waals surface area (Å²) in [6, 6.07) is -0.967. The number of carbonyl (C=O) groups is 4. The molecule has 1 fully saturated rings. The largest absolute Gasteiger partial charge is 0.443 e. The molecule has 1 rings (SSSR count). The monoisotopic (exact) mass is 502 g/mol. The molecule has 0 aliphatic carbocycles. The lowest BCUT2D eigenvalue weighted by Gasteiger charge is -2.31. The Balaban J connectivity index is 2.95. The highest BCUT2D eigenvalue weighted by Gasteiger charge is 2.42. The minimum Gasteiger partial charge on any atom is -0.443 e. The number of hydrogen-bond acceptors (Lipinski definition) is 7. The van der Waals surface area contributed by atoms with Crippen molar-refractivity contribution >= 4 is 23.9 Å². The predicted molar refractivity (Wildman–Crippen MR) is 129 cm³/mol. The fourth-order valence-electron chi connectivity index (χ4n) is 4.16. The molecule has 1 heterocycles. The second-order valence-corrected chi connectivity index (χ2v) is 10.2. The first-order valence-corrected chi connectivity index (χ1v) is 12.4. The number of alkyl halides is 1. The number of nitrogens with one attached hydrogen (secondary N) is 3. The van der Waals surface area contributed by atoms with Gasteiger partial charge in [0, 0.05) is 32.5 Å². The number of nitrogens with zero attached hydrogens (tertiary/aromatic N) is 1. The molecule has 35 heavy (non-hydrogen) atoms. The molecular formula is C24H43FN4O6. The first kappa shape index (κ1) is 30.6. The maximum atomic E-state index is 14.0. The summed E-state index contributed by atoms with van der Waals surface area (Å²) in [5.41, 5.74) is 3.84. The molecular weight excluding hydrogens is 459 g/mol. The Kier molecular flexibility index (Phi) is 12.4. The van der Waals surface area contributed by atoms with Crippen LogP contribution in [-0.2, 0) is 23.9 Å². The van der Waals surface area contributed by atoms with Crippen LogP contribution in [0.1, 0.15) is 80.6 Å². The van der Waals surface area contributed by atoms with Crippen LogP contribution in [0.5, 0.6) is 0 Å². The molecule has 0 bridgehead atoms. The molecule has 3 unspecified atom stereocenters. The lowest BCUT2D eigenvalue weighted by atomic mass is 9.95. The van der Waals surface area contributed by atoms with Gasteiger partial charge in [0.15, 0.2) is 0 Å². The minimum absolute atomic E-state index is 0.0118. The van der Waals surface area contributed by atoms with Gasteiger partial charge in [-0.05, 0) is 52.9 Å². The number of hydrazine groups is 1. The van der Waals surface area contributed by atoms with E-state index in [4.69, 9.17) is 9.47 Å². The number of amides is 3. The van der Waals surface area contributed by atoms with Crippen molar-refractivity contribution in [2.45, 2.75) is 105 Å². The van der Waals surface area contributed by atoms with E-state index in [9.17, 15) is 23.6 Å². The molecule has 1 aliphatic rings. The Morgan fingerprint density at radius 2 is 1.71 bits per heavy atom. The fraction of sp³-hybridized carbons (Fsp3) is 0.833. The third kappa shape index (κ3) is 11.2. The van der Waals surface area contributed by atoms with E-state index in [1.807, 2.05) is 18.7 Å². The van der Waals surface area contributed by atoms with Gasteiger partial charge in [-0.3, -0.25) is 24.7 Å². The van der Waals surface area contributed by atoms with Crippen molar-refractivity contribution in [1.29, 1.82) is 0 Å². The average molecular weight is 503 g/mol. The number of halogens is 1. The molecule has 0 aromatic carbocycles. The average Bonchev–Trinajstić information content (AvgIpc) is 3.14. The molecule has 202 valence electrons. The van der Waals surface area contributed by atoms with Gasteiger partial charge in [-0.25, -0.2) is 14.6 Å². The van der Waals surface area contributed by atoms with E-state index in [1.165, 1.54) is 6.92 Å². The van der Waals surface area contributed by atoms with Gasteiger partial charge in [0.05, 0.1) is 5.92 Å². The second kappa shape index (κ2) is 14.2. The van der Waals surface area contributed by atoms with Crippen LogP contribution in [0.15, 0.2) is 0 Å². The minimum atomic E-state index is -1.71. The summed E-state index contributed by atoms with van der Waals surface area (Å²) in [4.78, 5) is 50.8. The molecule has 3 N–H and O–H groups in total. The number of ether oxygens (including phenoxy) is 2. The van der Waals surface area contributed by atoms with E-state index in [-0.39, 0.29) is 37.3 Å². The zero-order valence-electron chi connectivity index (χ0n) is 22.1. The normalized spacial score (nSPS) is 20.9. The van der Waals surface area contributed by atoms with E-state index in [1.54, 1.807) is 27.7 Å². The van der Waals surface area contributed by atoms with E-state index in [2.05, 4.69) is 16.2 Å². The highest BCUT2D eigenvalue weighted by molar-refractivity contribution is 5.84. The van der Waals surface area contributed by atoms with Gasteiger partial charge in [-0.1, -0.05) is 20.3 Å². The molecule has 0 spiro atoms. The Labute approximate surface area is 208 Å². The summed E-state index contributed by atoms with van der Waals surface area (Å²) < 4.78 is 24.2. The van der Waals surface area contributed by atoms with Crippen molar-refractivity contribution in [2.24, 2.45) is 11.8 Å². The van der Waals surface area contributed by atoms with E-state index in [0.717, 1.165) is 12.8 Å². The number of likely N-dealkylation sites (tertiary alicyclic amines) is 1. The molecule has 1 saturated heterocycles. The van der Waals surface area contributed by atoms with Crippen LogP contribution in [0.25, 0.3) is 0 Å². The highest BCUT2D eigenvalue weighted by Crippen LogP contribution is 2.28. The Morgan fingerprint density at radius 3 is 2.26 bits per heavy atom. The van der Waals surface area contributed by atoms with Crippen molar-refractivity contribution in [3.8, 4) is 0 Å². The Bertz CT molecular complexity index is 729. The van der Waals surface area contributed by atoms with Crippen LogP contribution in [0.3, 0.4) is 0 Å². The van der Waals surface area contributed by atoms with Gasteiger partial charge in [-0.2, -0.15) is 0 Å². The maximum Gasteiger partial charge on any atom is 0.426 e. The number of carbonyl (C=O) groups excluding carboxylic acids is 4. The fourth-order valence-corrected chi connectivity index (χ4v) is 4.16. The van der Waals surface area contributed by atoms with E-state index < -0.39 is 41.9 Å². The number of rotatable bonds is 11. The van der Waals surface area contributed by atoms with E-state index >= 15 is 0 Å². The maximum absolute atomic E-state index is 14.0. The van der Waals surface area contributed by atoms with Gasteiger partial charge in [0.25, 0.3) is 0 Å². The molecule has 0 aromatic rings. The molecule has 5 atom stereocenters. The molecule has 3 amide bonds. The van der Waals surface area contributed by atoms with Crippen molar-refractivity contribution in [2.75, 3.05) is 13.1 Å². The third-order valence-corrected chi connectivity index (χ3v) is 5.76. The molecule has 0 radical (unpaired) electrons. The molecule has 11 heteroatoms. The third-order valence-electron chi connectivity index (χ3n) is 5.76. The first-order chi connectivity index (χ1) is 16.3. The number of hydrogen-bond donors (Lipinski definition) is 3. The van der Waals surface area contributed by atoms with Gasteiger partial charge in [-0.15, -0.1) is 0 Å². The lowest BCUT2D eigenvalue weighted by Crippen LogP contribution is -2.47. The van der Waals surface area contributed by atoms with Gasteiger partial charge >= 0.3 is 12.1 Å². The first-order valence-electron chi connectivity index (χ1n) is 12.4. The van der Waals surface area contributed by atoms with Crippen molar-refractivity contribution < 1.29 is 33.0 Å².